The van der Waals surface area contributed by atoms with Gasteiger partial charge in [0.25, 0.3) is 0 Å². The van der Waals surface area contributed by atoms with E-state index < -0.39 is 0 Å². The van der Waals surface area contributed by atoms with Crippen LogP contribution < -0.4 is 10.6 Å². The Kier molecular flexibility index (Phi) is 4.61. The first-order chi connectivity index (χ1) is 9.13. The molecule has 0 aliphatic heterocycles. The van der Waals surface area contributed by atoms with E-state index in [2.05, 4.69) is 31.9 Å². The average molecular weight is 324 g/mol. The van der Waals surface area contributed by atoms with Crippen molar-refractivity contribution < 1.29 is 4.74 Å². The summed E-state index contributed by atoms with van der Waals surface area (Å²) in [6.45, 7) is 1.64. The number of ether oxygens (including phenoxy) is 1. The number of nitrogen functional groups attached to an aromatic ring is 1. The fraction of sp³-hybridized carbons (Fsp3) is 0.357. The van der Waals surface area contributed by atoms with Gasteiger partial charge in [-0.25, -0.2) is 0 Å². The van der Waals surface area contributed by atoms with Crippen LogP contribution in [0.5, 0.6) is 0 Å². The molecule has 0 aliphatic carbocycles. The molecule has 19 heavy (non-hydrogen) atoms. The topological polar surface area (TPSA) is 51.4 Å². The minimum absolute atomic E-state index is 0.700. The Morgan fingerprint density at radius 2 is 2.21 bits per heavy atom. The summed E-state index contributed by atoms with van der Waals surface area (Å²) in [6, 6.07) is 6.03. The molecule has 0 saturated carbocycles. The number of halogens is 1. The molecule has 0 saturated heterocycles. The molecule has 0 amide bonds. The summed E-state index contributed by atoms with van der Waals surface area (Å²) in [4.78, 5) is 6.52. The van der Waals surface area contributed by atoms with Crippen LogP contribution in [0, 0.1) is 0 Å². The zero-order valence-corrected chi connectivity index (χ0v) is 12.8. The zero-order valence-electron chi connectivity index (χ0n) is 11.2. The van der Waals surface area contributed by atoms with Crippen LogP contribution in [-0.2, 0) is 4.74 Å². The summed E-state index contributed by atoms with van der Waals surface area (Å²) in [6.07, 6.45) is 2.68. The number of anilines is 2. The Labute approximate surface area is 121 Å². The fourth-order valence-corrected chi connectivity index (χ4v) is 2.51. The maximum Gasteiger partial charge on any atom is 0.0745 e. The van der Waals surface area contributed by atoms with E-state index in [1.54, 1.807) is 13.3 Å². The number of benzene rings is 1. The van der Waals surface area contributed by atoms with Crippen LogP contribution in [0.15, 0.2) is 28.9 Å². The molecule has 0 fully saturated rings. The van der Waals surface area contributed by atoms with Gasteiger partial charge in [0, 0.05) is 37.2 Å². The predicted octanol–water partition coefficient (Wildman–Crippen LogP) is 3.05. The Morgan fingerprint density at radius 1 is 1.42 bits per heavy atom. The van der Waals surface area contributed by atoms with E-state index in [4.69, 9.17) is 10.5 Å². The van der Waals surface area contributed by atoms with Crippen molar-refractivity contribution in [1.29, 1.82) is 0 Å². The van der Waals surface area contributed by atoms with Crippen molar-refractivity contribution >= 4 is 38.2 Å². The van der Waals surface area contributed by atoms with Crippen molar-refractivity contribution in [2.45, 2.75) is 6.42 Å². The number of nitrogens with two attached hydrogens (primary N) is 1. The van der Waals surface area contributed by atoms with Gasteiger partial charge in [0.2, 0.25) is 0 Å². The molecule has 2 N–H and O–H groups in total. The van der Waals surface area contributed by atoms with Gasteiger partial charge in [-0.3, -0.25) is 4.98 Å². The van der Waals surface area contributed by atoms with Gasteiger partial charge in [-0.05, 0) is 24.6 Å². The van der Waals surface area contributed by atoms with Crippen molar-refractivity contribution in [2.75, 3.05) is 37.9 Å². The summed E-state index contributed by atoms with van der Waals surface area (Å²) in [5, 5.41) is 1.06. The number of nitrogens with zero attached hydrogens (tertiary/aromatic N) is 2. The SMILES string of the molecule is COCCCN(C)c1c(N)cnc2ccc(Br)cc12. The van der Waals surface area contributed by atoms with Crippen molar-refractivity contribution in [2.24, 2.45) is 0 Å². The minimum atomic E-state index is 0.700. The molecule has 2 aromatic rings. The molecule has 0 bridgehead atoms. The highest BCUT2D eigenvalue weighted by atomic mass is 79.9. The Morgan fingerprint density at radius 3 is 2.95 bits per heavy atom. The van der Waals surface area contributed by atoms with Crippen LogP contribution in [0.25, 0.3) is 10.9 Å². The molecule has 1 heterocycles. The molecular formula is C14H18BrN3O. The molecule has 1 aromatic carbocycles. The van der Waals surface area contributed by atoms with Gasteiger partial charge in [-0.15, -0.1) is 0 Å². The monoisotopic (exact) mass is 323 g/mol. The molecule has 2 rings (SSSR count). The van der Waals surface area contributed by atoms with Crippen LogP contribution in [-0.4, -0.2) is 32.3 Å². The Hall–Kier alpha value is -1.33. The van der Waals surface area contributed by atoms with Crippen LogP contribution in [0.4, 0.5) is 11.4 Å². The lowest BCUT2D eigenvalue weighted by molar-refractivity contribution is 0.196. The molecule has 0 unspecified atom stereocenters. The number of rotatable bonds is 5. The maximum absolute atomic E-state index is 6.09. The highest BCUT2D eigenvalue weighted by Gasteiger charge is 2.11. The quantitative estimate of drug-likeness (QED) is 0.859. The number of aromatic nitrogens is 1. The summed E-state index contributed by atoms with van der Waals surface area (Å²) in [7, 11) is 3.76. The third-order valence-electron chi connectivity index (χ3n) is 3.05. The van der Waals surface area contributed by atoms with Gasteiger partial charge in [-0.1, -0.05) is 15.9 Å². The van der Waals surface area contributed by atoms with E-state index in [1.165, 1.54) is 0 Å². The van der Waals surface area contributed by atoms with Gasteiger partial charge in [0.15, 0.2) is 0 Å². The number of pyridine rings is 1. The van der Waals surface area contributed by atoms with Gasteiger partial charge in [0.1, 0.15) is 0 Å². The van der Waals surface area contributed by atoms with Crippen LogP contribution in [0.3, 0.4) is 0 Å². The third kappa shape index (κ3) is 3.16. The van der Waals surface area contributed by atoms with Crippen molar-refractivity contribution in [1.82, 2.24) is 4.98 Å². The normalized spacial score (nSPS) is 10.9. The Balaban J connectivity index is 2.39. The number of fused-ring (bicyclic) bond motifs is 1. The second-order valence-electron chi connectivity index (χ2n) is 4.49. The molecule has 5 heteroatoms. The predicted molar refractivity (Wildman–Crippen MR) is 83.6 cm³/mol. The highest BCUT2D eigenvalue weighted by Crippen LogP contribution is 2.32. The molecule has 1 aromatic heterocycles. The van der Waals surface area contributed by atoms with Crippen molar-refractivity contribution in [3.8, 4) is 0 Å². The van der Waals surface area contributed by atoms with E-state index in [0.717, 1.165) is 40.6 Å². The van der Waals surface area contributed by atoms with E-state index in [1.807, 2.05) is 19.2 Å². The number of hydrogen-bond acceptors (Lipinski definition) is 4. The fourth-order valence-electron chi connectivity index (χ4n) is 2.15. The molecule has 0 radical (unpaired) electrons. The van der Waals surface area contributed by atoms with E-state index >= 15 is 0 Å². The first-order valence-electron chi connectivity index (χ1n) is 6.17. The van der Waals surface area contributed by atoms with Gasteiger partial charge >= 0.3 is 0 Å². The van der Waals surface area contributed by atoms with Gasteiger partial charge in [0.05, 0.1) is 23.1 Å². The van der Waals surface area contributed by atoms with Crippen molar-refractivity contribution in [3.63, 3.8) is 0 Å². The number of methoxy groups -OCH3 is 1. The summed E-state index contributed by atoms with van der Waals surface area (Å²) in [5.41, 5.74) is 8.77. The van der Waals surface area contributed by atoms with Crippen molar-refractivity contribution in [3.05, 3.63) is 28.9 Å². The van der Waals surface area contributed by atoms with Crippen LogP contribution in [0.2, 0.25) is 0 Å². The van der Waals surface area contributed by atoms with E-state index in [0.29, 0.717) is 5.69 Å². The highest BCUT2D eigenvalue weighted by molar-refractivity contribution is 9.10. The smallest absolute Gasteiger partial charge is 0.0745 e. The van der Waals surface area contributed by atoms with Gasteiger partial charge in [-0.2, -0.15) is 0 Å². The number of hydrogen-bond donors (Lipinski definition) is 1. The lowest BCUT2D eigenvalue weighted by Gasteiger charge is -2.22. The molecule has 0 spiro atoms. The van der Waals surface area contributed by atoms with Crippen LogP contribution >= 0.6 is 15.9 Å². The van der Waals surface area contributed by atoms with E-state index in [-0.39, 0.29) is 0 Å². The molecular weight excluding hydrogens is 306 g/mol. The summed E-state index contributed by atoms with van der Waals surface area (Å²) >= 11 is 3.50. The van der Waals surface area contributed by atoms with Gasteiger partial charge < -0.3 is 15.4 Å². The largest absolute Gasteiger partial charge is 0.396 e. The lowest BCUT2D eigenvalue weighted by Crippen LogP contribution is -2.21. The second kappa shape index (κ2) is 6.21. The van der Waals surface area contributed by atoms with Crippen LogP contribution in [0.1, 0.15) is 6.42 Å². The van der Waals surface area contributed by atoms with E-state index in [9.17, 15) is 0 Å². The molecule has 4 nitrogen and oxygen atoms in total. The second-order valence-corrected chi connectivity index (χ2v) is 5.41. The Bertz CT molecular complexity index is 569. The first-order valence-corrected chi connectivity index (χ1v) is 6.96. The third-order valence-corrected chi connectivity index (χ3v) is 3.55. The molecule has 0 atom stereocenters. The summed E-state index contributed by atoms with van der Waals surface area (Å²) < 4.78 is 6.11. The summed E-state index contributed by atoms with van der Waals surface area (Å²) in [5.74, 6) is 0. The standard InChI is InChI=1S/C14H18BrN3O/c1-18(6-3-7-19-2)14-11-8-10(15)4-5-13(11)17-9-12(14)16/h4-5,8-9H,3,6-7,16H2,1-2H3. The minimum Gasteiger partial charge on any atom is -0.396 e. The average Bonchev–Trinajstić information content (AvgIpc) is 2.38. The maximum atomic E-state index is 6.09. The molecule has 0 aliphatic rings. The lowest BCUT2D eigenvalue weighted by atomic mass is 10.1. The zero-order chi connectivity index (χ0) is 13.8. The molecule has 102 valence electrons. The first kappa shape index (κ1) is 14.1.